The average molecular weight is 270 g/mol. The second-order valence-corrected chi connectivity index (χ2v) is 6.59. The summed E-state index contributed by atoms with van der Waals surface area (Å²) in [6, 6.07) is 7.86. The summed E-state index contributed by atoms with van der Waals surface area (Å²) in [4.78, 5) is 0. The minimum absolute atomic E-state index is 0.176. The van der Waals surface area contributed by atoms with Crippen LogP contribution in [0.1, 0.15) is 5.56 Å². The monoisotopic (exact) mass is 270 g/mol. The SMILES string of the molecule is CN(C)S(=O)(=O)NC[C@H]1COc2ccccc2C1. The number of nitrogens with one attached hydrogen (secondary N) is 1. The van der Waals surface area contributed by atoms with Gasteiger partial charge in [0.1, 0.15) is 5.75 Å². The van der Waals surface area contributed by atoms with E-state index in [1.165, 1.54) is 18.4 Å². The zero-order valence-electron chi connectivity index (χ0n) is 10.6. The molecule has 0 amide bonds. The third-order valence-electron chi connectivity index (χ3n) is 2.99. The van der Waals surface area contributed by atoms with Crippen LogP contribution in [0, 0.1) is 5.92 Å². The summed E-state index contributed by atoms with van der Waals surface area (Å²) < 4.78 is 32.5. The predicted octanol–water partition coefficient (Wildman–Crippen LogP) is 0.634. The van der Waals surface area contributed by atoms with Crippen molar-refractivity contribution in [1.29, 1.82) is 0 Å². The van der Waals surface area contributed by atoms with Crippen molar-refractivity contribution in [3.8, 4) is 5.75 Å². The molecule has 0 fully saturated rings. The van der Waals surface area contributed by atoms with E-state index in [2.05, 4.69) is 4.72 Å². The van der Waals surface area contributed by atoms with E-state index in [0.29, 0.717) is 13.2 Å². The molecular weight excluding hydrogens is 252 g/mol. The highest BCUT2D eigenvalue weighted by Gasteiger charge is 2.22. The first kappa shape index (κ1) is 13.3. The fourth-order valence-electron chi connectivity index (χ4n) is 1.87. The molecule has 18 heavy (non-hydrogen) atoms. The molecule has 0 spiro atoms. The van der Waals surface area contributed by atoms with Crippen LogP contribution in [0.3, 0.4) is 0 Å². The first-order chi connectivity index (χ1) is 8.49. The van der Waals surface area contributed by atoms with Crippen LogP contribution in [0.15, 0.2) is 24.3 Å². The Morgan fingerprint density at radius 2 is 2.11 bits per heavy atom. The standard InChI is InChI=1S/C12H18N2O3S/c1-14(2)18(15,16)13-8-10-7-11-5-3-4-6-12(11)17-9-10/h3-6,10,13H,7-9H2,1-2H3/t10-/m0/s1. The Bertz CT molecular complexity index is 514. The fourth-order valence-corrected chi connectivity index (χ4v) is 2.58. The van der Waals surface area contributed by atoms with Gasteiger partial charge in [0.15, 0.2) is 0 Å². The van der Waals surface area contributed by atoms with Gasteiger partial charge in [-0.25, -0.2) is 4.72 Å². The van der Waals surface area contributed by atoms with Gasteiger partial charge in [0, 0.05) is 26.6 Å². The first-order valence-electron chi connectivity index (χ1n) is 5.87. The van der Waals surface area contributed by atoms with Gasteiger partial charge >= 0.3 is 0 Å². The summed E-state index contributed by atoms with van der Waals surface area (Å²) in [6.07, 6.45) is 0.839. The van der Waals surface area contributed by atoms with Crippen LogP contribution in [-0.4, -0.2) is 40.0 Å². The molecule has 0 aliphatic carbocycles. The molecule has 1 aliphatic heterocycles. The van der Waals surface area contributed by atoms with Crippen molar-refractivity contribution in [2.75, 3.05) is 27.2 Å². The van der Waals surface area contributed by atoms with E-state index in [0.717, 1.165) is 17.7 Å². The van der Waals surface area contributed by atoms with E-state index in [1.54, 1.807) is 0 Å². The van der Waals surface area contributed by atoms with E-state index in [-0.39, 0.29) is 5.92 Å². The highest BCUT2D eigenvalue weighted by atomic mass is 32.2. The van der Waals surface area contributed by atoms with Crippen LogP contribution >= 0.6 is 0 Å². The highest BCUT2D eigenvalue weighted by molar-refractivity contribution is 7.87. The molecule has 6 heteroatoms. The summed E-state index contributed by atoms with van der Waals surface area (Å²) in [5, 5.41) is 0. The summed E-state index contributed by atoms with van der Waals surface area (Å²) in [5.74, 6) is 1.08. The van der Waals surface area contributed by atoms with E-state index < -0.39 is 10.2 Å². The van der Waals surface area contributed by atoms with Crippen molar-refractivity contribution in [2.24, 2.45) is 5.92 Å². The van der Waals surface area contributed by atoms with Gasteiger partial charge in [-0.3, -0.25) is 0 Å². The van der Waals surface area contributed by atoms with Crippen molar-refractivity contribution in [2.45, 2.75) is 6.42 Å². The Morgan fingerprint density at radius 1 is 1.39 bits per heavy atom. The molecule has 0 saturated heterocycles. The summed E-state index contributed by atoms with van der Waals surface area (Å²) in [5.41, 5.74) is 1.14. The topological polar surface area (TPSA) is 58.6 Å². The quantitative estimate of drug-likeness (QED) is 0.873. The van der Waals surface area contributed by atoms with Crippen LogP contribution in [0.4, 0.5) is 0 Å². The van der Waals surface area contributed by atoms with Gasteiger partial charge in [0.2, 0.25) is 0 Å². The normalized spacial score (nSPS) is 19.4. The summed E-state index contributed by atoms with van der Waals surface area (Å²) in [7, 11) is -0.329. The molecule has 1 heterocycles. The van der Waals surface area contributed by atoms with Gasteiger partial charge in [0.05, 0.1) is 6.61 Å². The maximum Gasteiger partial charge on any atom is 0.278 e. The molecular formula is C12H18N2O3S. The number of hydrogen-bond donors (Lipinski definition) is 1. The summed E-state index contributed by atoms with van der Waals surface area (Å²) >= 11 is 0. The Labute approximate surface area is 108 Å². The maximum absolute atomic E-state index is 11.6. The number of para-hydroxylation sites is 1. The summed E-state index contributed by atoms with van der Waals surface area (Å²) in [6.45, 7) is 0.946. The Morgan fingerprint density at radius 3 is 2.83 bits per heavy atom. The molecule has 0 radical (unpaired) electrons. The second kappa shape index (κ2) is 5.26. The zero-order chi connectivity index (χ0) is 13.2. The van der Waals surface area contributed by atoms with Crippen molar-refractivity contribution < 1.29 is 13.2 Å². The lowest BCUT2D eigenvalue weighted by Crippen LogP contribution is -2.40. The van der Waals surface area contributed by atoms with Crippen LogP contribution in [0.5, 0.6) is 5.75 Å². The number of ether oxygens (including phenoxy) is 1. The minimum Gasteiger partial charge on any atom is -0.493 e. The zero-order valence-corrected chi connectivity index (χ0v) is 11.4. The number of rotatable bonds is 4. The average Bonchev–Trinajstić information content (AvgIpc) is 2.36. The molecule has 1 aromatic rings. The third kappa shape index (κ3) is 3.01. The lowest BCUT2D eigenvalue weighted by molar-refractivity contribution is 0.223. The Kier molecular flexibility index (Phi) is 3.89. The smallest absolute Gasteiger partial charge is 0.278 e. The molecule has 2 rings (SSSR count). The lowest BCUT2D eigenvalue weighted by Gasteiger charge is -2.25. The molecule has 5 nitrogen and oxygen atoms in total. The van der Waals surface area contributed by atoms with Crippen molar-refractivity contribution in [1.82, 2.24) is 9.03 Å². The molecule has 0 unspecified atom stereocenters. The largest absolute Gasteiger partial charge is 0.493 e. The predicted molar refractivity (Wildman–Crippen MR) is 69.7 cm³/mol. The van der Waals surface area contributed by atoms with Gasteiger partial charge in [0.25, 0.3) is 10.2 Å². The number of hydrogen-bond acceptors (Lipinski definition) is 3. The maximum atomic E-state index is 11.6. The molecule has 1 aromatic carbocycles. The minimum atomic E-state index is -3.35. The molecule has 1 atom stereocenters. The number of nitrogens with zero attached hydrogens (tertiary/aromatic N) is 1. The molecule has 1 N–H and O–H groups in total. The molecule has 1 aliphatic rings. The third-order valence-corrected chi connectivity index (χ3v) is 4.48. The van der Waals surface area contributed by atoms with Crippen molar-refractivity contribution in [3.63, 3.8) is 0 Å². The van der Waals surface area contributed by atoms with Gasteiger partial charge < -0.3 is 4.74 Å². The number of benzene rings is 1. The van der Waals surface area contributed by atoms with E-state index in [1.807, 2.05) is 24.3 Å². The second-order valence-electron chi connectivity index (χ2n) is 4.62. The molecule has 0 aromatic heterocycles. The van der Waals surface area contributed by atoms with Crippen molar-refractivity contribution in [3.05, 3.63) is 29.8 Å². The van der Waals surface area contributed by atoms with E-state index in [4.69, 9.17) is 4.74 Å². The van der Waals surface area contributed by atoms with Crippen molar-refractivity contribution >= 4 is 10.2 Å². The molecule has 0 saturated carbocycles. The van der Waals surface area contributed by atoms with Gasteiger partial charge in [-0.2, -0.15) is 12.7 Å². The Hall–Kier alpha value is -1.11. The van der Waals surface area contributed by atoms with Gasteiger partial charge in [-0.15, -0.1) is 0 Å². The first-order valence-corrected chi connectivity index (χ1v) is 7.31. The van der Waals surface area contributed by atoms with Crippen LogP contribution in [0.2, 0.25) is 0 Å². The lowest BCUT2D eigenvalue weighted by atomic mass is 9.97. The van der Waals surface area contributed by atoms with Gasteiger partial charge in [-0.1, -0.05) is 18.2 Å². The van der Waals surface area contributed by atoms with E-state index in [9.17, 15) is 8.42 Å². The number of fused-ring (bicyclic) bond motifs is 1. The van der Waals surface area contributed by atoms with Crippen LogP contribution < -0.4 is 9.46 Å². The van der Waals surface area contributed by atoms with E-state index >= 15 is 0 Å². The van der Waals surface area contributed by atoms with Crippen LogP contribution in [-0.2, 0) is 16.6 Å². The molecule has 100 valence electrons. The van der Waals surface area contributed by atoms with Gasteiger partial charge in [-0.05, 0) is 18.1 Å². The highest BCUT2D eigenvalue weighted by Crippen LogP contribution is 2.26. The molecule has 0 bridgehead atoms. The Balaban J connectivity index is 1.95. The van der Waals surface area contributed by atoms with Crippen LogP contribution in [0.25, 0.3) is 0 Å². The fraction of sp³-hybridized carbons (Fsp3) is 0.500.